The van der Waals surface area contributed by atoms with Crippen LogP contribution in [-0.4, -0.2) is 24.3 Å². The first-order chi connectivity index (χ1) is 14.7. The molecule has 31 heavy (non-hydrogen) atoms. The van der Waals surface area contributed by atoms with Crippen LogP contribution >= 0.6 is 0 Å². The van der Waals surface area contributed by atoms with Crippen molar-refractivity contribution in [3.63, 3.8) is 0 Å². The van der Waals surface area contributed by atoms with Gasteiger partial charge in [0.25, 0.3) is 0 Å². The second kappa shape index (κ2) is 14.3. The van der Waals surface area contributed by atoms with E-state index in [-0.39, 0.29) is 5.56 Å². The molecule has 0 bridgehead atoms. The highest BCUT2D eigenvalue weighted by Gasteiger charge is 2.13. The minimum atomic E-state index is -1.03. The quantitative estimate of drug-likeness (QED) is 0.331. The van der Waals surface area contributed by atoms with E-state index in [1.807, 2.05) is 12.2 Å². The Balaban J connectivity index is 2.64. The maximum absolute atomic E-state index is 11.7. The molecule has 0 radical (unpaired) electrons. The van der Waals surface area contributed by atoms with Crippen molar-refractivity contribution in [2.75, 3.05) is 13.2 Å². The van der Waals surface area contributed by atoms with Crippen molar-refractivity contribution in [1.29, 1.82) is 0 Å². The van der Waals surface area contributed by atoms with Crippen LogP contribution in [0.3, 0.4) is 0 Å². The van der Waals surface area contributed by atoms with E-state index in [0.29, 0.717) is 24.7 Å². The van der Waals surface area contributed by atoms with E-state index >= 15 is 0 Å². The van der Waals surface area contributed by atoms with Gasteiger partial charge in [0.15, 0.2) is 0 Å². The van der Waals surface area contributed by atoms with Gasteiger partial charge in [0.2, 0.25) is 0 Å². The number of aromatic carboxylic acids is 1. The SMILES string of the molecule is CC(C)=CCCC(C)=CCOc1ccc(OCC=C(C)CCC=C(C)C)c(C(=O)O)c1. The number of carbonyl (C=O) groups is 1. The first kappa shape index (κ1) is 26.3. The van der Waals surface area contributed by atoms with Crippen molar-refractivity contribution in [1.82, 2.24) is 0 Å². The van der Waals surface area contributed by atoms with Crippen LogP contribution in [0, 0.1) is 0 Å². The molecule has 0 unspecified atom stereocenters. The molecule has 4 heteroatoms. The van der Waals surface area contributed by atoms with Crippen LogP contribution in [0.4, 0.5) is 0 Å². The molecule has 1 aromatic rings. The Morgan fingerprint density at radius 2 is 1.32 bits per heavy atom. The van der Waals surface area contributed by atoms with E-state index in [1.165, 1.54) is 28.4 Å². The summed E-state index contributed by atoms with van der Waals surface area (Å²) >= 11 is 0. The van der Waals surface area contributed by atoms with Gasteiger partial charge in [-0.05, 0) is 97.6 Å². The van der Waals surface area contributed by atoms with Gasteiger partial charge >= 0.3 is 5.97 Å². The van der Waals surface area contributed by atoms with Gasteiger partial charge < -0.3 is 14.6 Å². The first-order valence-corrected chi connectivity index (χ1v) is 10.9. The Kier molecular flexibility index (Phi) is 12.1. The lowest BCUT2D eigenvalue weighted by Crippen LogP contribution is -2.05. The Morgan fingerprint density at radius 3 is 1.81 bits per heavy atom. The number of rotatable bonds is 13. The lowest BCUT2D eigenvalue weighted by molar-refractivity contribution is 0.0692. The number of hydrogen-bond donors (Lipinski definition) is 1. The van der Waals surface area contributed by atoms with E-state index in [9.17, 15) is 9.90 Å². The summed E-state index contributed by atoms with van der Waals surface area (Å²) in [6, 6.07) is 4.94. The largest absolute Gasteiger partial charge is 0.490 e. The number of hydrogen-bond acceptors (Lipinski definition) is 3. The van der Waals surface area contributed by atoms with E-state index in [2.05, 4.69) is 53.7 Å². The minimum Gasteiger partial charge on any atom is -0.490 e. The third-order valence-corrected chi connectivity index (χ3v) is 4.72. The molecule has 0 aliphatic rings. The van der Waals surface area contributed by atoms with Crippen LogP contribution in [0.5, 0.6) is 11.5 Å². The van der Waals surface area contributed by atoms with E-state index in [4.69, 9.17) is 9.47 Å². The van der Waals surface area contributed by atoms with Crippen molar-refractivity contribution in [2.45, 2.75) is 67.2 Å². The zero-order valence-electron chi connectivity index (χ0n) is 20.0. The standard InChI is InChI=1S/C27H38O4/c1-20(2)9-7-11-22(5)15-17-30-24-13-14-26(25(19-24)27(28)29)31-18-16-23(6)12-8-10-21(3)4/h9-10,13-16,19H,7-8,11-12,17-18H2,1-6H3,(H,28,29). The van der Waals surface area contributed by atoms with Crippen LogP contribution in [0.15, 0.2) is 64.8 Å². The lowest BCUT2D eigenvalue weighted by Gasteiger charge is -2.11. The van der Waals surface area contributed by atoms with Crippen molar-refractivity contribution >= 4 is 5.97 Å². The summed E-state index contributed by atoms with van der Waals surface area (Å²) in [5, 5.41) is 9.55. The Morgan fingerprint density at radius 1 is 0.806 bits per heavy atom. The third kappa shape index (κ3) is 11.9. The molecule has 0 amide bonds. The second-order valence-electron chi connectivity index (χ2n) is 8.33. The van der Waals surface area contributed by atoms with Crippen LogP contribution in [-0.2, 0) is 0 Å². The fourth-order valence-corrected chi connectivity index (χ4v) is 2.83. The molecule has 0 saturated heterocycles. The molecule has 0 atom stereocenters. The summed E-state index contributed by atoms with van der Waals surface area (Å²) in [7, 11) is 0. The monoisotopic (exact) mass is 426 g/mol. The fourth-order valence-electron chi connectivity index (χ4n) is 2.83. The van der Waals surface area contributed by atoms with Crippen molar-refractivity contribution in [3.8, 4) is 11.5 Å². The Hall–Kier alpha value is -2.75. The summed E-state index contributed by atoms with van der Waals surface area (Å²) in [5.41, 5.74) is 5.22. The van der Waals surface area contributed by atoms with E-state index in [0.717, 1.165) is 25.7 Å². The Labute approximate surface area is 188 Å². The molecule has 0 saturated carbocycles. The number of allylic oxidation sites excluding steroid dienone is 6. The zero-order chi connectivity index (χ0) is 23.2. The topological polar surface area (TPSA) is 55.8 Å². The van der Waals surface area contributed by atoms with Crippen LogP contribution in [0.2, 0.25) is 0 Å². The van der Waals surface area contributed by atoms with Crippen LogP contribution in [0.25, 0.3) is 0 Å². The van der Waals surface area contributed by atoms with E-state index in [1.54, 1.807) is 12.1 Å². The highest BCUT2D eigenvalue weighted by Crippen LogP contribution is 2.25. The number of carboxylic acid groups (broad SMARTS) is 1. The third-order valence-electron chi connectivity index (χ3n) is 4.72. The maximum atomic E-state index is 11.7. The number of ether oxygens (including phenoxy) is 2. The molecule has 170 valence electrons. The maximum Gasteiger partial charge on any atom is 0.339 e. The van der Waals surface area contributed by atoms with Crippen molar-refractivity contribution in [2.24, 2.45) is 0 Å². The van der Waals surface area contributed by atoms with Gasteiger partial charge in [-0.1, -0.05) is 34.4 Å². The summed E-state index contributed by atoms with van der Waals surface area (Å²) < 4.78 is 11.4. The normalized spacial score (nSPS) is 11.7. The molecule has 0 spiro atoms. The van der Waals surface area contributed by atoms with Gasteiger partial charge in [0, 0.05) is 0 Å². The lowest BCUT2D eigenvalue weighted by atomic mass is 10.1. The predicted octanol–water partition coefficient (Wildman–Crippen LogP) is 7.53. The molecule has 0 aliphatic carbocycles. The number of benzene rings is 1. The smallest absolute Gasteiger partial charge is 0.339 e. The van der Waals surface area contributed by atoms with Gasteiger partial charge in [-0.2, -0.15) is 0 Å². The zero-order valence-corrected chi connectivity index (χ0v) is 20.0. The van der Waals surface area contributed by atoms with E-state index < -0.39 is 5.97 Å². The molecular formula is C27H38O4. The molecule has 0 heterocycles. The van der Waals surface area contributed by atoms with Gasteiger partial charge in [0.1, 0.15) is 30.3 Å². The van der Waals surface area contributed by atoms with Crippen LogP contribution in [0.1, 0.15) is 77.6 Å². The molecule has 1 N–H and O–H groups in total. The average molecular weight is 427 g/mol. The fraction of sp³-hybridized carbons (Fsp3) is 0.444. The van der Waals surface area contributed by atoms with Crippen molar-refractivity contribution in [3.05, 3.63) is 70.4 Å². The molecule has 0 aromatic heterocycles. The second-order valence-corrected chi connectivity index (χ2v) is 8.33. The van der Waals surface area contributed by atoms with Crippen molar-refractivity contribution < 1.29 is 19.4 Å². The van der Waals surface area contributed by atoms with Gasteiger partial charge in [0.05, 0.1) is 0 Å². The van der Waals surface area contributed by atoms with Gasteiger partial charge in [-0.15, -0.1) is 0 Å². The highest BCUT2D eigenvalue weighted by atomic mass is 16.5. The molecule has 1 rings (SSSR count). The summed E-state index contributed by atoms with van der Waals surface area (Å²) in [5.74, 6) is -0.161. The molecular weight excluding hydrogens is 388 g/mol. The highest BCUT2D eigenvalue weighted by molar-refractivity contribution is 5.91. The van der Waals surface area contributed by atoms with Gasteiger partial charge in [-0.25, -0.2) is 4.79 Å². The first-order valence-electron chi connectivity index (χ1n) is 10.9. The molecule has 0 aliphatic heterocycles. The van der Waals surface area contributed by atoms with Gasteiger partial charge in [-0.3, -0.25) is 0 Å². The summed E-state index contributed by atoms with van der Waals surface area (Å²) in [6.45, 7) is 13.3. The van der Waals surface area contributed by atoms with Crippen LogP contribution < -0.4 is 9.47 Å². The summed E-state index contributed by atoms with van der Waals surface area (Å²) in [6.07, 6.45) is 12.4. The average Bonchev–Trinajstić information content (AvgIpc) is 2.68. The summed E-state index contributed by atoms with van der Waals surface area (Å²) in [4.78, 5) is 11.7. The predicted molar refractivity (Wildman–Crippen MR) is 129 cm³/mol. The molecule has 0 fully saturated rings. The molecule has 1 aromatic carbocycles. The Bertz CT molecular complexity index is 833. The minimum absolute atomic E-state index is 0.109. The number of carboxylic acids is 1. The molecule has 4 nitrogen and oxygen atoms in total.